The molecule has 24 heavy (non-hydrogen) atoms. The van der Waals surface area contributed by atoms with Gasteiger partial charge in [0.25, 0.3) is 6.10 Å². The van der Waals surface area contributed by atoms with Crippen LogP contribution in [0.5, 0.6) is 11.5 Å². The van der Waals surface area contributed by atoms with Crippen molar-refractivity contribution >= 4 is 73.8 Å². The van der Waals surface area contributed by atoms with E-state index in [9.17, 15) is 40.0 Å². The van der Waals surface area contributed by atoms with Crippen molar-refractivity contribution in [2.45, 2.75) is 17.5 Å². The Hall–Kier alpha value is 0.300. The number of phenolic OH excluding ortho intramolecular Hbond substituents is 1. The van der Waals surface area contributed by atoms with Crippen LogP contribution in [0.3, 0.4) is 0 Å². The molecule has 1 rings (SSSR count). The molecule has 1 N–H and O–H groups in total. The van der Waals surface area contributed by atoms with Crippen LogP contribution in [0.1, 0.15) is 0 Å². The fourth-order valence-electron chi connectivity index (χ4n) is 1.28. The SMILES string of the molecule is O=S(=O)([O-])C(F)(F)C(Oc1c(Br)c(Br)c(O)c(Br)c1Br)C(F)(F)F. The molecule has 0 bridgehead atoms. The lowest BCUT2D eigenvalue weighted by Crippen LogP contribution is -2.53. The number of hydrogen-bond donors (Lipinski definition) is 1. The van der Waals surface area contributed by atoms with Crippen molar-refractivity contribution in [1.29, 1.82) is 0 Å². The van der Waals surface area contributed by atoms with Gasteiger partial charge < -0.3 is 14.4 Å². The first-order valence-electron chi connectivity index (χ1n) is 5.15. The van der Waals surface area contributed by atoms with E-state index in [1.54, 1.807) is 0 Å². The Morgan fingerprint density at radius 3 is 1.62 bits per heavy atom. The van der Waals surface area contributed by atoms with Gasteiger partial charge in [-0.1, -0.05) is 0 Å². The minimum atomic E-state index is -6.69. The van der Waals surface area contributed by atoms with E-state index in [4.69, 9.17) is 0 Å². The minimum absolute atomic E-state index is 0.276. The summed E-state index contributed by atoms with van der Waals surface area (Å²) in [6.07, 6.45) is -10.2. The van der Waals surface area contributed by atoms with E-state index in [0.29, 0.717) is 0 Å². The third kappa shape index (κ3) is 4.16. The van der Waals surface area contributed by atoms with Gasteiger partial charge in [0.2, 0.25) is 0 Å². The van der Waals surface area contributed by atoms with E-state index >= 15 is 0 Å². The van der Waals surface area contributed by atoms with E-state index < -0.39 is 48.1 Å². The molecule has 1 atom stereocenters. The van der Waals surface area contributed by atoms with Gasteiger partial charge in [0.1, 0.15) is 5.75 Å². The number of hydrogen-bond acceptors (Lipinski definition) is 5. The maximum Gasteiger partial charge on any atom is 0.432 e. The summed E-state index contributed by atoms with van der Waals surface area (Å²) in [6.45, 7) is 0. The molecule has 0 saturated heterocycles. The highest BCUT2D eigenvalue weighted by molar-refractivity contribution is 9.14. The van der Waals surface area contributed by atoms with Gasteiger partial charge in [-0.15, -0.1) is 0 Å². The molecule has 0 radical (unpaired) electrons. The van der Waals surface area contributed by atoms with Gasteiger partial charge in [-0.2, -0.15) is 22.0 Å². The monoisotopic (exact) mass is 633 g/mol. The van der Waals surface area contributed by atoms with Gasteiger partial charge in [0.15, 0.2) is 15.9 Å². The largest absolute Gasteiger partial charge is 0.743 e. The van der Waals surface area contributed by atoms with Crippen LogP contribution in [-0.4, -0.2) is 35.6 Å². The molecule has 0 saturated carbocycles. The van der Waals surface area contributed by atoms with Crippen LogP contribution in [0.2, 0.25) is 0 Å². The minimum Gasteiger partial charge on any atom is -0.743 e. The average Bonchev–Trinajstić information content (AvgIpc) is 2.40. The molecule has 0 spiro atoms. The summed E-state index contributed by atoms with van der Waals surface area (Å²) in [5.41, 5.74) is 0. The fourth-order valence-corrected chi connectivity index (χ4v) is 3.97. The molecule has 0 aliphatic carbocycles. The van der Waals surface area contributed by atoms with E-state index in [2.05, 4.69) is 68.5 Å². The lowest BCUT2D eigenvalue weighted by Gasteiger charge is -2.31. The first-order valence-corrected chi connectivity index (χ1v) is 9.73. The summed E-state index contributed by atoms with van der Waals surface area (Å²) < 4.78 is 99.8. The fraction of sp³-hybridized carbons (Fsp3) is 0.333. The first kappa shape index (κ1) is 22.3. The second kappa shape index (κ2) is 7.13. The van der Waals surface area contributed by atoms with Gasteiger partial charge in [-0.05, 0) is 63.7 Å². The molecule has 0 fully saturated rings. The standard InChI is InChI=1S/C9H3Br4F5O5S/c10-1-3(12)6(4(13)2(11)5(1)19)23-7(8(14,15)16)9(17,18)24(20,21)22/h7,19H,(H,20,21,22)/p-1. The van der Waals surface area contributed by atoms with E-state index in [0.717, 1.165) is 0 Å². The third-order valence-corrected chi connectivity index (χ3v) is 7.37. The number of ether oxygens (including phenoxy) is 1. The Bertz CT molecular complexity index is 738. The van der Waals surface area contributed by atoms with Gasteiger partial charge >= 0.3 is 11.4 Å². The van der Waals surface area contributed by atoms with Crippen molar-refractivity contribution in [3.63, 3.8) is 0 Å². The molecular formula is C9H2Br4F5O5S-. The highest BCUT2D eigenvalue weighted by atomic mass is 79.9. The molecule has 138 valence electrons. The van der Waals surface area contributed by atoms with Crippen molar-refractivity contribution in [3.8, 4) is 11.5 Å². The Balaban J connectivity index is 3.60. The quantitative estimate of drug-likeness (QED) is 0.289. The van der Waals surface area contributed by atoms with Crippen molar-refractivity contribution in [3.05, 3.63) is 17.9 Å². The van der Waals surface area contributed by atoms with Crippen molar-refractivity contribution in [2.24, 2.45) is 0 Å². The van der Waals surface area contributed by atoms with Crippen molar-refractivity contribution in [2.75, 3.05) is 0 Å². The zero-order chi connectivity index (χ0) is 19.2. The molecule has 1 aromatic rings. The summed E-state index contributed by atoms with van der Waals surface area (Å²) in [4.78, 5) is 0. The maximum absolute atomic E-state index is 13.5. The van der Waals surface area contributed by atoms with Crippen LogP contribution in [0.15, 0.2) is 17.9 Å². The summed E-state index contributed by atoms with van der Waals surface area (Å²) in [5, 5.41) is 3.85. The molecular weight excluding hydrogens is 635 g/mol. The number of aromatic hydroxyl groups is 1. The number of phenols is 1. The van der Waals surface area contributed by atoms with Gasteiger partial charge in [-0.25, -0.2) is 8.42 Å². The Labute approximate surface area is 164 Å². The molecule has 1 unspecified atom stereocenters. The van der Waals surface area contributed by atoms with E-state index in [1.807, 2.05) is 0 Å². The molecule has 5 nitrogen and oxygen atoms in total. The highest BCUT2D eigenvalue weighted by Crippen LogP contribution is 2.51. The van der Waals surface area contributed by atoms with Crippen LogP contribution in [0.4, 0.5) is 22.0 Å². The van der Waals surface area contributed by atoms with Crippen LogP contribution in [-0.2, 0) is 10.1 Å². The molecule has 1 aromatic carbocycles. The number of rotatable bonds is 4. The number of halogens is 9. The van der Waals surface area contributed by atoms with Crippen LogP contribution in [0.25, 0.3) is 0 Å². The number of benzene rings is 1. The molecule has 0 aliphatic heterocycles. The number of alkyl halides is 5. The second-order valence-electron chi connectivity index (χ2n) is 3.99. The summed E-state index contributed by atoms with van der Waals surface area (Å²) >= 11 is 10.9. The zero-order valence-corrected chi connectivity index (χ0v) is 17.6. The van der Waals surface area contributed by atoms with E-state index in [1.165, 1.54) is 0 Å². The van der Waals surface area contributed by atoms with Gasteiger partial charge in [0.05, 0.1) is 17.9 Å². The Morgan fingerprint density at radius 1 is 0.958 bits per heavy atom. The summed E-state index contributed by atoms with van der Waals surface area (Å²) in [6, 6.07) is 0. The molecule has 0 aromatic heterocycles. The highest BCUT2D eigenvalue weighted by Gasteiger charge is 2.62. The predicted octanol–water partition coefficient (Wildman–Crippen LogP) is 4.89. The van der Waals surface area contributed by atoms with Gasteiger partial charge in [0, 0.05) is 0 Å². The summed E-state index contributed by atoms with van der Waals surface area (Å²) in [7, 11) is -6.69. The molecule has 0 amide bonds. The van der Waals surface area contributed by atoms with Crippen LogP contribution >= 0.6 is 63.7 Å². The van der Waals surface area contributed by atoms with E-state index in [-0.39, 0.29) is 8.95 Å². The second-order valence-corrected chi connectivity index (χ2v) is 8.61. The zero-order valence-electron chi connectivity index (χ0n) is 10.5. The average molecular weight is 637 g/mol. The smallest absolute Gasteiger partial charge is 0.432 e. The third-order valence-electron chi connectivity index (χ3n) is 2.37. The van der Waals surface area contributed by atoms with Crippen LogP contribution in [0, 0.1) is 0 Å². The molecule has 0 aliphatic rings. The lowest BCUT2D eigenvalue weighted by atomic mass is 10.3. The predicted molar refractivity (Wildman–Crippen MR) is 84.0 cm³/mol. The normalized spacial score (nSPS) is 14.6. The lowest BCUT2D eigenvalue weighted by molar-refractivity contribution is -0.239. The first-order chi connectivity index (χ1) is 10.5. The topological polar surface area (TPSA) is 86.7 Å². The summed E-state index contributed by atoms with van der Waals surface area (Å²) in [5.74, 6) is -1.45. The maximum atomic E-state index is 13.5. The van der Waals surface area contributed by atoms with Crippen molar-refractivity contribution < 1.29 is 44.8 Å². The van der Waals surface area contributed by atoms with Crippen LogP contribution < -0.4 is 4.74 Å². The molecule has 15 heteroatoms. The van der Waals surface area contributed by atoms with Crippen molar-refractivity contribution in [1.82, 2.24) is 0 Å². The Morgan fingerprint density at radius 2 is 1.33 bits per heavy atom. The Kier molecular flexibility index (Phi) is 6.64. The van der Waals surface area contributed by atoms with Gasteiger partial charge in [-0.3, -0.25) is 0 Å². The molecule has 0 heterocycles.